The van der Waals surface area contributed by atoms with Gasteiger partial charge in [0.15, 0.2) is 0 Å². The van der Waals surface area contributed by atoms with Crippen LogP contribution in [0.5, 0.6) is 0 Å². The molecule has 8 N–H and O–H groups in total. The number of carboxylic acids is 1. The fourth-order valence-corrected chi connectivity index (χ4v) is 10.1. The van der Waals surface area contributed by atoms with Crippen LogP contribution in [0.3, 0.4) is 0 Å². The number of fused-ring (bicyclic) bond motifs is 5. The van der Waals surface area contributed by atoms with Crippen LogP contribution in [-0.4, -0.2) is 109 Å². The second-order valence-electron chi connectivity index (χ2n) is 13.0. The predicted octanol–water partition coefficient (Wildman–Crippen LogP) is -0.673. The van der Waals surface area contributed by atoms with Gasteiger partial charge in [0.25, 0.3) is 0 Å². The van der Waals surface area contributed by atoms with Gasteiger partial charge in [0.2, 0.25) is 0 Å². The number of thioether (sulfide) groups is 1. The number of nitrogens with two attached hydrogens (primary N) is 1. The van der Waals surface area contributed by atoms with Crippen molar-refractivity contribution in [2.75, 3.05) is 24.7 Å². The number of hydrogen-bond acceptors (Lipinski definition) is 12. The Kier molecular flexibility index (Phi) is 9.67. The maximum absolute atomic E-state index is 12.5. The van der Waals surface area contributed by atoms with E-state index in [9.17, 15) is 39.9 Å². The standard InChI is InChI=1S/C28H41NO11S.Tc/c1-25-9-19(31)23-17(28(25,38)5-3-16(25)14-6-21(33)39-10-14)2-4-26(37)8-15(7-20(32)27(23,26)13-30)40-22(34)12-41-11-18(29)24(35)36;/h6,15-20,23,30-32,37-38H,2-5,7-13,29H2,1H3,(H,35,36);/t15-,16+,17?,18?,19?,20+,23?,25+,26-,27+,28-;/m0./s1/i;1+1. The molecule has 12 nitrogen and oxygen atoms in total. The van der Waals surface area contributed by atoms with E-state index < -0.39 is 82.7 Å². The summed E-state index contributed by atoms with van der Waals surface area (Å²) in [6, 6.07) is -1.12. The van der Waals surface area contributed by atoms with E-state index in [0.29, 0.717) is 19.3 Å². The van der Waals surface area contributed by atoms with Gasteiger partial charge in [-0.1, -0.05) is 6.92 Å². The van der Waals surface area contributed by atoms with Gasteiger partial charge in [-0.25, -0.2) is 4.79 Å². The van der Waals surface area contributed by atoms with Gasteiger partial charge in [0.05, 0.1) is 41.2 Å². The van der Waals surface area contributed by atoms with Crippen LogP contribution >= 0.6 is 11.8 Å². The molecule has 42 heavy (non-hydrogen) atoms. The second-order valence-corrected chi connectivity index (χ2v) is 14.0. The summed E-state index contributed by atoms with van der Waals surface area (Å²) in [5.41, 5.74) is 0.981. The molecular formula is C28H41NO11STc. The topological polar surface area (TPSA) is 217 Å². The van der Waals surface area contributed by atoms with Crippen molar-refractivity contribution >= 4 is 29.7 Å². The molecule has 1 radical (unpaired) electrons. The Morgan fingerprint density at radius 2 is 1.93 bits per heavy atom. The average Bonchev–Trinajstić information content (AvgIpc) is 3.43. The first-order valence-electron chi connectivity index (χ1n) is 14.3. The third-order valence-corrected chi connectivity index (χ3v) is 12.2. The Hall–Kier alpha value is -1.09. The molecule has 14 heteroatoms. The van der Waals surface area contributed by atoms with E-state index in [1.807, 2.05) is 6.92 Å². The van der Waals surface area contributed by atoms with E-state index >= 15 is 0 Å². The summed E-state index contributed by atoms with van der Waals surface area (Å²) in [5.74, 6) is -3.90. The number of carbonyl (C=O) groups is 3. The molecule has 1 aliphatic heterocycles. The number of hydrogen-bond donors (Lipinski definition) is 7. The van der Waals surface area contributed by atoms with Crippen LogP contribution in [0.2, 0.25) is 0 Å². The number of esters is 2. The zero-order chi connectivity index (χ0) is 30.0. The van der Waals surface area contributed by atoms with Gasteiger partial charge in [0, 0.05) is 56.1 Å². The summed E-state index contributed by atoms with van der Waals surface area (Å²) < 4.78 is 10.7. The Labute approximate surface area is 261 Å². The first-order valence-corrected chi connectivity index (χ1v) is 15.4. The second kappa shape index (κ2) is 12.0. The molecule has 0 aromatic rings. The minimum Gasteiger partial charge on any atom is -0.480 e. The quantitative estimate of drug-likeness (QED) is 0.157. The molecule has 4 saturated carbocycles. The summed E-state index contributed by atoms with van der Waals surface area (Å²) in [6.07, 6.45) is -0.328. The SMILES string of the molecule is C[C@]12CC(O)C3C(CC[C@]4(O)C[C@@H](OC(=O)CSCC(N)C(=O)O)C[C@@H](O)[C@]34CO)[C@@]1(O)CC[C@@H]2C1=CC(=O)OC1.[99Tc]. The third-order valence-electron chi connectivity index (χ3n) is 11.2. The van der Waals surface area contributed by atoms with E-state index in [4.69, 9.17) is 20.3 Å². The molecule has 1 heterocycles. The van der Waals surface area contributed by atoms with Crippen LogP contribution in [0, 0.1) is 28.6 Å². The number of aliphatic carboxylic acids is 1. The van der Waals surface area contributed by atoms with Crippen LogP contribution < -0.4 is 5.73 Å². The summed E-state index contributed by atoms with van der Waals surface area (Å²) in [6.45, 7) is 1.45. The Morgan fingerprint density at radius 1 is 1.21 bits per heavy atom. The van der Waals surface area contributed by atoms with E-state index in [2.05, 4.69) is 0 Å². The zero-order valence-electron chi connectivity index (χ0n) is 23.5. The van der Waals surface area contributed by atoms with Crippen molar-refractivity contribution in [3.8, 4) is 0 Å². The zero-order valence-corrected chi connectivity index (χ0v) is 26.2. The molecule has 0 aromatic heterocycles. The molecule has 11 atom stereocenters. The molecule has 0 bridgehead atoms. The van der Waals surface area contributed by atoms with Crippen LogP contribution in [-0.2, 0) is 44.0 Å². The smallest absolute Gasteiger partial charge is 0.331 e. The van der Waals surface area contributed by atoms with Crippen molar-refractivity contribution in [1.82, 2.24) is 0 Å². The number of carboxylic acid groups (broad SMARTS) is 1. The third kappa shape index (κ3) is 5.08. The van der Waals surface area contributed by atoms with Crippen molar-refractivity contribution in [1.29, 1.82) is 0 Å². The number of aliphatic hydroxyl groups is 5. The number of carbonyl (C=O) groups excluding carboxylic acids is 2. The number of cyclic esters (lactones) is 1. The van der Waals surface area contributed by atoms with Gasteiger partial charge in [-0.2, -0.15) is 0 Å². The Bertz CT molecular complexity index is 1130. The maximum atomic E-state index is 12.5. The number of ether oxygens (including phenoxy) is 2. The molecule has 0 saturated heterocycles. The Morgan fingerprint density at radius 3 is 2.55 bits per heavy atom. The average molecular weight is 699 g/mol. The molecule has 0 amide bonds. The summed E-state index contributed by atoms with van der Waals surface area (Å²) >= 11 is 1.01. The monoisotopic (exact) mass is 698 g/mol. The molecular weight excluding hydrogens is 657 g/mol. The largest absolute Gasteiger partial charge is 0.480 e. The van der Waals surface area contributed by atoms with Crippen LogP contribution in [0.4, 0.5) is 0 Å². The molecule has 5 rings (SSSR count). The van der Waals surface area contributed by atoms with Gasteiger partial charge in [0.1, 0.15) is 18.8 Å². The Balaban J connectivity index is 0.00000405. The fraction of sp³-hybridized carbons (Fsp3) is 0.821. The van der Waals surface area contributed by atoms with E-state index in [-0.39, 0.29) is 69.8 Å². The molecule has 4 aliphatic carbocycles. The van der Waals surface area contributed by atoms with Gasteiger partial charge in [-0.15, -0.1) is 11.8 Å². The van der Waals surface area contributed by atoms with Gasteiger partial charge < -0.3 is 45.8 Å². The van der Waals surface area contributed by atoms with E-state index in [1.54, 1.807) is 0 Å². The van der Waals surface area contributed by atoms with Crippen molar-refractivity contribution in [2.45, 2.75) is 87.4 Å². The molecule has 5 aliphatic rings. The molecule has 0 aromatic carbocycles. The minimum absolute atomic E-state index is 0. The van der Waals surface area contributed by atoms with E-state index in [0.717, 1.165) is 17.3 Å². The van der Waals surface area contributed by atoms with Crippen molar-refractivity contribution in [2.24, 2.45) is 34.3 Å². The van der Waals surface area contributed by atoms with Crippen LogP contribution in [0.25, 0.3) is 0 Å². The molecule has 4 unspecified atom stereocenters. The summed E-state index contributed by atoms with van der Waals surface area (Å²) in [5, 5.41) is 67.4. The van der Waals surface area contributed by atoms with Gasteiger partial charge in [-0.3, -0.25) is 9.59 Å². The normalized spacial score (nSPS) is 44.9. The number of rotatable bonds is 8. The molecule has 237 valence electrons. The fourth-order valence-electron chi connectivity index (χ4n) is 9.32. The first-order chi connectivity index (χ1) is 19.2. The van der Waals surface area contributed by atoms with Crippen LogP contribution in [0.15, 0.2) is 11.6 Å². The van der Waals surface area contributed by atoms with Crippen molar-refractivity contribution < 1.29 is 74.6 Å². The minimum atomic E-state index is -1.68. The molecule has 0 spiro atoms. The summed E-state index contributed by atoms with van der Waals surface area (Å²) in [7, 11) is 0. The van der Waals surface area contributed by atoms with Crippen molar-refractivity contribution in [3.63, 3.8) is 0 Å². The van der Waals surface area contributed by atoms with Gasteiger partial charge >= 0.3 is 17.9 Å². The predicted molar refractivity (Wildman–Crippen MR) is 144 cm³/mol. The van der Waals surface area contributed by atoms with Crippen molar-refractivity contribution in [3.05, 3.63) is 11.6 Å². The maximum Gasteiger partial charge on any atom is 0.331 e. The molecule has 4 fully saturated rings. The van der Waals surface area contributed by atoms with Crippen LogP contribution in [0.1, 0.15) is 51.9 Å². The van der Waals surface area contributed by atoms with E-state index in [1.165, 1.54) is 6.08 Å². The first kappa shape index (κ1) is 33.8. The number of aliphatic hydroxyl groups excluding tert-OH is 3. The van der Waals surface area contributed by atoms with Gasteiger partial charge in [-0.05, 0) is 49.5 Å². The summed E-state index contributed by atoms with van der Waals surface area (Å²) in [4.78, 5) is 35.2.